The molecular formula is C27H34ClN3O4S. The molecular weight excluding hydrogens is 498 g/mol. The molecule has 3 heterocycles. The lowest BCUT2D eigenvalue weighted by Crippen LogP contribution is -2.59. The van der Waals surface area contributed by atoms with Crippen molar-refractivity contribution in [2.24, 2.45) is 17.8 Å². The quantitative estimate of drug-likeness (QED) is 0.495. The summed E-state index contributed by atoms with van der Waals surface area (Å²) in [7, 11) is 1.72. The Kier molecular flexibility index (Phi) is 7.60. The third-order valence-corrected chi connectivity index (χ3v) is 10.3. The zero-order valence-electron chi connectivity index (χ0n) is 21.0. The van der Waals surface area contributed by atoms with Gasteiger partial charge in [0.25, 0.3) is 5.91 Å². The average Bonchev–Trinajstić information content (AvgIpc) is 3.45. The summed E-state index contributed by atoms with van der Waals surface area (Å²) in [5.41, 5.74) is 0.538. The second kappa shape index (κ2) is 10.2. The number of halogens is 1. The monoisotopic (exact) mass is 531 g/mol. The van der Waals surface area contributed by atoms with Crippen LogP contribution in [-0.2, 0) is 14.4 Å². The van der Waals surface area contributed by atoms with Crippen LogP contribution >= 0.6 is 23.4 Å². The van der Waals surface area contributed by atoms with Gasteiger partial charge in [-0.3, -0.25) is 14.4 Å². The number of benzene rings is 1. The van der Waals surface area contributed by atoms with Gasteiger partial charge >= 0.3 is 0 Å². The number of hydrogen-bond acceptors (Lipinski definition) is 5. The van der Waals surface area contributed by atoms with Gasteiger partial charge in [0.2, 0.25) is 11.8 Å². The Balaban J connectivity index is 1.84. The predicted molar refractivity (Wildman–Crippen MR) is 144 cm³/mol. The molecule has 0 saturated carbocycles. The van der Waals surface area contributed by atoms with Crippen LogP contribution in [0.3, 0.4) is 0 Å². The molecule has 0 aliphatic carbocycles. The number of aliphatic hydroxyl groups excluding tert-OH is 1. The highest BCUT2D eigenvalue weighted by Gasteiger charge is 2.76. The van der Waals surface area contributed by atoms with Crippen molar-refractivity contribution in [2.45, 2.75) is 42.3 Å². The average molecular weight is 532 g/mol. The van der Waals surface area contributed by atoms with E-state index in [4.69, 9.17) is 11.6 Å². The Morgan fingerprint density at radius 1 is 1.28 bits per heavy atom. The molecule has 194 valence electrons. The molecule has 3 unspecified atom stereocenters. The van der Waals surface area contributed by atoms with Crippen molar-refractivity contribution in [3.05, 3.63) is 54.6 Å². The Morgan fingerprint density at radius 3 is 2.56 bits per heavy atom. The van der Waals surface area contributed by atoms with Gasteiger partial charge in [-0.25, -0.2) is 0 Å². The van der Waals surface area contributed by atoms with E-state index in [1.807, 2.05) is 6.07 Å². The van der Waals surface area contributed by atoms with E-state index in [1.54, 1.807) is 70.8 Å². The maximum Gasteiger partial charge on any atom is 0.251 e. The van der Waals surface area contributed by atoms with E-state index >= 15 is 0 Å². The number of likely N-dealkylation sites (N-methyl/N-ethyl adjacent to an activating group) is 1. The molecule has 3 amide bonds. The van der Waals surface area contributed by atoms with Crippen LogP contribution in [-0.4, -0.2) is 81.5 Å². The normalized spacial score (nSPS) is 31.2. The van der Waals surface area contributed by atoms with E-state index in [9.17, 15) is 19.5 Å². The van der Waals surface area contributed by atoms with Crippen LogP contribution in [0.2, 0.25) is 5.02 Å². The molecule has 3 aliphatic rings. The molecule has 1 N–H and O–H groups in total. The van der Waals surface area contributed by atoms with Crippen LogP contribution in [0.15, 0.2) is 49.6 Å². The number of hydrogen-bond donors (Lipinski definition) is 1. The molecule has 3 saturated heterocycles. The topological polar surface area (TPSA) is 81.2 Å². The van der Waals surface area contributed by atoms with Gasteiger partial charge in [0, 0.05) is 25.4 Å². The van der Waals surface area contributed by atoms with Gasteiger partial charge in [-0.2, -0.15) is 0 Å². The van der Waals surface area contributed by atoms with Gasteiger partial charge in [0.15, 0.2) is 0 Å². The lowest BCUT2D eigenvalue weighted by Gasteiger charge is -2.41. The van der Waals surface area contributed by atoms with E-state index in [1.165, 1.54) is 0 Å². The fourth-order valence-electron chi connectivity index (χ4n) is 6.38. The van der Waals surface area contributed by atoms with Gasteiger partial charge < -0.3 is 19.8 Å². The minimum absolute atomic E-state index is 0.0249. The van der Waals surface area contributed by atoms with E-state index in [-0.39, 0.29) is 42.0 Å². The molecule has 3 aliphatic heterocycles. The highest BCUT2D eigenvalue weighted by molar-refractivity contribution is 8.02. The van der Waals surface area contributed by atoms with Crippen molar-refractivity contribution in [2.75, 3.05) is 31.6 Å². The van der Waals surface area contributed by atoms with Crippen molar-refractivity contribution in [1.29, 1.82) is 0 Å². The molecule has 4 rings (SSSR count). The largest absolute Gasteiger partial charge is 0.394 e. The van der Waals surface area contributed by atoms with Crippen LogP contribution < -0.4 is 4.90 Å². The second-order valence-corrected chi connectivity index (χ2v) is 12.0. The first-order valence-electron chi connectivity index (χ1n) is 12.3. The minimum atomic E-state index is -0.846. The maximum absolute atomic E-state index is 14.5. The summed E-state index contributed by atoms with van der Waals surface area (Å²) in [6.07, 6.45) is 4.04. The van der Waals surface area contributed by atoms with Gasteiger partial charge in [-0.15, -0.1) is 24.9 Å². The molecule has 2 bridgehead atoms. The molecule has 7 nitrogen and oxygen atoms in total. The van der Waals surface area contributed by atoms with E-state index in [0.717, 1.165) is 6.42 Å². The van der Waals surface area contributed by atoms with Crippen LogP contribution in [0.1, 0.15) is 20.3 Å². The minimum Gasteiger partial charge on any atom is -0.394 e. The van der Waals surface area contributed by atoms with Crippen molar-refractivity contribution < 1.29 is 19.5 Å². The van der Waals surface area contributed by atoms with Crippen molar-refractivity contribution >= 4 is 46.8 Å². The summed E-state index contributed by atoms with van der Waals surface area (Å²) >= 11 is 8.11. The molecule has 9 heteroatoms. The van der Waals surface area contributed by atoms with Crippen molar-refractivity contribution in [3.63, 3.8) is 0 Å². The van der Waals surface area contributed by atoms with Gasteiger partial charge in [-0.05, 0) is 31.4 Å². The third-order valence-electron chi connectivity index (χ3n) is 7.94. The van der Waals surface area contributed by atoms with Crippen LogP contribution in [0.25, 0.3) is 0 Å². The Labute approximate surface area is 222 Å². The van der Waals surface area contributed by atoms with Gasteiger partial charge in [-0.1, -0.05) is 42.8 Å². The molecule has 1 aromatic rings. The van der Waals surface area contributed by atoms with Gasteiger partial charge in [0.05, 0.1) is 39.9 Å². The number of aliphatic hydroxyl groups is 1. The van der Waals surface area contributed by atoms with Crippen molar-refractivity contribution in [3.8, 4) is 0 Å². The van der Waals surface area contributed by atoms with E-state index < -0.39 is 28.7 Å². The predicted octanol–water partition coefficient (Wildman–Crippen LogP) is 3.22. The summed E-state index contributed by atoms with van der Waals surface area (Å²) < 4.78 is -0.779. The Hall–Kier alpha value is -2.29. The van der Waals surface area contributed by atoms with Gasteiger partial charge in [0.1, 0.15) is 6.04 Å². The lowest BCUT2D eigenvalue weighted by molar-refractivity contribution is -0.144. The molecule has 36 heavy (non-hydrogen) atoms. The molecule has 1 spiro atoms. The molecule has 7 atom stereocenters. The number of likely N-dealkylation sites (tertiary alicyclic amines) is 1. The third kappa shape index (κ3) is 3.89. The smallest absolute Gasteiger partial charge is 0.251 e. The summed E-state index contributed by atoms with van der Waals surface area (Å²) in [5.74, 6) is -1.75. The highest BCUT2D eigenvalue weighted by Crippen LogP contribution is 2.69. The van der Waals surface area contributed by atoms with Crippen LogP contribution in [0, 0.1) is 17.8 Å². The number of para-hydroxylation sites is 1. The Bertz CT molecular complexity index is 1080. The fourth-order valence-corrected chi connectivity index (χ4v) is 9.01. The number of carbonyl (C=O) groups excluding carboxylic acids is 3. The van der Waals surface area contributed by atoms with E-state index in [2.05, 4.69) is 20.1 Å². The second-order valence-electron chi connectivity index (χ2n) is 10.0. The number of nitrogens with zero attached hydrogens (tertiary/aromatic N) is 3. The maximum atomic E-state index is 14.5. The van der Waals surface area contributed by atoms with E-state index in [0.29, 0.717) is 17.3 Å². The molecule has 0 radical (unpaired) electrons. The number of anilines is 1. The number of carbonyl (C=O) groups is 3. The fraction of sp³-hybridized carbons (Fsp3) is 0.519. The summed E-state index contributed by atoms with van der Waals surface area (Å²) in [6, 6.07) is 5.66. The first-order chi connectivity index (χ1) is 17.1. The first kappa shape index (κ1) is 26.8. The summed E-state index contributed by atoms with van der Waals surface area (Å²) in [5, 5.41) is 10.5. The SMILES string of the molecule is C=CCN(C)C(=O)[C@@H]1[C@H]2C(=O)N([C@H](C)CO)C(C(=O)N(CC=C)c3ccccc3Cl)C23S[C@@H]1CC3C. The molecule has 3 fully saturated rings. The summed E-state index contributed by atoms with van der Waals surface area (Å²) in [4.78, 5) is 46.9. The Morgan fingerprint density at radius 2 is 1.94 bits per heavy atom. The summed E-state index contributed by atoms with van der Waals surface area (Å²) in [6.45, 7) is 11.7. The zero-order chi connectivity index (χ0) is 26.4. The van der Waals surface area contributed by atoms with Crippen LogP contribution in [0.5, 0.6) is 0 Å². The van der Waals surface area contributed by atoms with Crippen molar-refractivity contribution in [1.82, 2.24) is 9.80 Å². The number of thioether (sulfide) groups is 1. The number of amides is 3. The first-order valence-corrected chi connectivity index (χ1v) is 13.5. The number of rotatable bonds is 9. The van der Waals surface area contributed by atoms with Crippen LogP contribution in [0.4, 0.5) is 5.69 Å². The lowest BCUT2D eigenvalue weighted by atomic mass is 9.65. The molecule has 0 aromatic heterocycles. The molecule has 1 aromatic carbocycles. The number of fused-ring (bicyclic) bond motifs is 1. The highest BCUT2D eigenvalue weighted by atomic mass is 35.5. The zero-order valence-corrected chi connectivity index (χ0v) is 22.5. The standard InChI is InChI=1S/C27H34ClN3O4S/c1-6-12-29(5)24(33)21-20-14-16(3)27(36-20)22(21)25(34)31(17(4)15-32)23(27)26(35)30(13-7-2)19-11-9-8-10-18(19)28/h6-11,16-17,20-23,32H,1-2,12-15H2,3-5H3/t16?,17-,20-,21+,22+,23?,27?/m1/s1.